The molecule has 1 aliphatic rings. The third kappa shape index (κ3) is 4.24. The number of ether oxygens (including phenoxy) is 3. The standard InChI is InChI=1S/C19H15F2NO4/c1-2-24-14-7-3-12(4-8-14)11-16-18(23)26-17(22-16)13-5-9-15(10-6-13)25-19(20)21/h3-11,19H,2H2,1H3/b16-11-. The molecule has 0 aromatic heterocycles. The number of carbonyl (C=O) groups is 1. The fraction of sp³-hybridized carbons (Fsp3) is 0.158. The van der Waals surface area contributed by atoms with Gasteiger partial charge < -0.3 is 14.2 Å². The zero-order valence-electron chi connectivity index (χ0n) is 13.8. The van der Waals surface area contributed by atoms with Crippen LogP contribution in [0.4, 0.5) is 8.78 Å². The molecule has 0 aliphatic carbocycles. The number of alkyl halides is 2. The van der Waals surface area contributed by atoms with Gasteiger partial charge in [-0.25, -0.2) is 9.79 Å². The van der Waals surface area contributed by atoms with Crippen LogP contribution in [-0.4, -0.2) is 25.1 Å². The SMILES string of the molecule is CCOc1ccc(/C=C2\N=C(c3ccc(OC(F)F)cc3)OC2=O)cc1. The van der Waals surface area contributed by atoms with E-state index in [1.165, 1.54) is 24.3 Å². The zero-order valence-corrected chi connectivity index (χ0v) is 13.8. The van der Waals surface area contributed by atoms with E-state index < -0.39 is 12.6 Å². The number of benzene rings is 2. The fourth-order valence-electron chi connectivity index (χ4n) is 2.30. The molecule has 1 heterocycles. The Kier molecular flexibility index (Phi) is 5.26. The van der Waals surface area contributed by atoms with Crippen molar-refractivity contribution in [1.82, 2.24) is 0 Å². The number of aliphatic imine (C=N–C) groups is 1. The van der Waals surface area contributed by atoms with E-state index in [0.717, 1.165) is 11.3 Å². The average molecular weight is 359 g/mol. The van der Waals surface area contributed by atoms with Crippen molar-refractivity contribution < 1.29 is 27.8 Å². The van der Waals surface area contributed by atoms with Crippen LogP contribution in [0.1, 0.15) is 18.1 Å². The number of hydrogen-bond acceptors (Lipinski definition) is 5. The van der Waals surface area contributed by atoms with Crippen LogP contribution in [0, 0.1) is 0 Å². The summed E-state index contributed by atoms with van der Waals surface area (Å²) in [6, 6.07) is 12.9. The largest absolute Gasteiger partial charge is 0.494 e. The van der Waals surface area contributed by atoms with Gasteiger partial charge in [0.05, 0.1) is 6.61 Å². The predicted molar refractivity (Wildman–Crippen MR) is 91.3 cm³/mol. The fourth-order valence-corrected chi connectivity index (χ4v) is 2.30. The molecule has 134 valence electrons. The first-order valence-corrected chi connectivity index (χ1v) is 7.86. The van der Waals surface area contributed by atoms with E-state index in [-0.39, 0.29) is 17.3 Å². The summed E-state index contributed by atoms with van der Waals surface area (Å²) in [4.78, 5) is 16.2. The maximum absolute atomic E-state index is 12.2. The molecule has 0 fully saturated rings. The van der Waals surface area contributed by atoms with E-state index >= 15 is 0 Å². The molecule has 3 rings (SSSR count). The molecule has 0 saturated heterocycles. The summed E-state index contributed by atoms with van der Waals surface area (Å²) in [6.07, 6.45) is 1.60. The first kappa shape index (κ1) is 17.6. The van der Waals surface area contributed by atoms with Gasteiger partial charge in [-0.2, -0.15) is 8.78 Å². The normalized spacial score (nSPS) is 15.2. The topological polar surface area (TPSA) is 57.1 Å². The molecule has 0 unspecified atom stereocenters. The van der Waals surface area contributed by atoms with Crippen LogP contribution in [0.5, 0.6) is 11.5 Å². The van der Waals surface area contributed by atoms with Crippen molar-refractivity contribution in [2.24, 2.45) is 4.99 Å². The first-order valence-electron chi connectivity index (χ1n) is 7.86. The third-order valence-corrected chi connectivity index (χ3v) is 3.44. The maximum atomic E-state index is 12.2. The van der Waals surface area contributed by atoms with Crippen molar-refractivity contribution in [3.8, 4) is 11.5 Å². The summed E-state index contributed by atoms with van der Waals surface area (Å²) in [6.45, 7) is -0.430. The minimum absolute atomic E-state index is 0.0128. The molecule has 0 N–H and O–H groups in total. The Hall–Kier alpha value is -3.22. The molecular weight excluding hydrogens is 344 g/mol. The average Bonchev–Trinajstić information content (AvgIpc) is 2.98. The molecule has 0 radical (unpaired) electrons. The van der Waals surface area contributed by atoms with Crippen LogP contribution in [-0.2, 0) is 9.53 Å². The maximum Gasteiger partial charge on any atom is 0.387 e. The Labute approximate surface area is 148 Å². The van der Waals surface area contributed by atoms with E-state index in [9.17, 15) is 13.6 Å². The van der Waals surface area contributed by atoms with Crippen LogP contribution >= 0.6 is 0 Å². The summed E-state index contributed by atoms with van der Waals surface area (Å²) in [5, 5.41) is 0. The molecule has 2 aromatic carbocycles. The van der Waals surface area contributed by atoms with E-state index in [2.05, 4.69) is 9.73 Å². The number of halogens is 2. The second-order valence-electron chi connectivity index (χ2n) is 5.24. The lowest BCUT2D eigenvalue weighted by atomic mass is 10.2. The van der Waals surface area contributed by atoms with E-state index in [1.54, 1.807) is 30.3 Å². The molecule has 7 heteroatoms. The van der Waals surface area contributed by atoms with Gasteiger partial charge in [0.1, 0.15) is 11.5 Å². The molecule has 0 amide bonds. The molecule has 0 saturated carbocycles. The first-order chi connectivity index (χ1) is 12.5. The van der Waals surface area contributed by atoms with Crippen LogP contribution in [0.2, 0.25) is 0 Å². The van der Waals surface area contributed by atoms with Gasteiger partial charge >= 0.3 is 12.6 Å². The quantitative estimate of drug-likeness (QED) is 0.577. The second-order valence-corrected chi connectivity index (χ2v) is 5.24. The summed E-state index contributed by atoms with van der Waals surface area (Å²) in [5.74, 6) is 0.273. The van der Waals surface area contributed by atoms with Gasteiger partial charge in [0.2, 0.25) is 5.90 Å². The van der Waals surface area contributed by atoms with E-state index in [1.807, 2.05) is 6.92 Å². The summed E-state index contributed by atoms with van der Waals surface area (Å²) >= 11 is 0. The van der Waals surface area contributed by atoms with Gasteiger partial charge in [0.25, 0.3) is 0 Å². The smallest absolute Gasteiger partial charge is 0.387 e. The van der Waals surface area contributed by atoms with Crippen molar-refractivity contribution in [3.63, 3.8) is 0 Å². The minimum atomic E-state index is -2.90. The summed E-state index contributed by atoms with van der Waals surface area (Å²) in [5.41, 5.74) is 1.40. The van der Waals surface area contributed by atoms with Crippen molar-refractivity contribution >= 4 is 17.9 Å². The number of rotatable bonds is 6. The lowest BCUT2D eigenvalue weighted by Crippen LogP contribution is -2.06. The minimum Gasteiger partial charge on any atom is -0.494 e. The Bertz CT molecular complexity index is 843. The zero-order chi connectivity index (χ0) is 18.5. The van der Waals surface area contributed by atoms with Gasteiger partial charge in [-0.05, 0) is 55.0 Å². The van der Waals surface area contributed by atoms with Crippen LogP contribution in [0.15, 0.2) is 59.2 Å². The lowest BCUT2D eigenvalue weighted by Gasteiger charge is -2.04. The molecule has 0 bridgehead atoms. The van der Waals surface area contributed by atoms with Crippen LogP contribution in [0.3, 0.4) is 0 Å². The Morgan fingerprint density at radius 1 is 1.08 bits per heavy atom. The Morgan fingerprint density at radius 3 is 2.35 bits per heavy atom. The Balaban J connectivity index is 1.77. The monoisotopic (exact) mass is 359 g/mol. The number of nitrogens with zero attached hydrogens (tertiary/aromatic N) is 1. The highest BCUT2D eigenvalue weighted by Gasteiger charge is 2.24. The number of cyclic esters (lactones) is 1. The molecule has 1 aliphatic heterocycles. The Morgan fingerprint density at radius 2 is 1.73 bits per heavy atom. The van der Waals surface area contributed by atoms with Gasteiger partial charge in [-0.3, -0.25) is 0 Å². The van der Waals surface area contributed by atoms with Gasteiger partial charge in [0.15, 0.2) is 5.70 Å². The van der Waals surface area contributed by atoms with Crippen molar-refractivity contribution in [3.05, 3.63) is 65.4 Å². The van der Waals surface area contributed by atoms with Gasteiger partial charge in [-0.15, -0.1) is 0 Å². The highest BCUT2D eigenvalue weighted by atomic mass is 19.3. The molecule has 0 spiro atoms. The lowest BCUT2D eigenvalue weighted by molar-refractivity contribution is -0.129. The molecule has 5 nitrogen and oxygen atoms in total. The molecule has 26 heavy (non-hydrogen) atoms. The molecule has 0 atom stereocenters. The van der Waals surface area contributed by atoms with Crippen molar-refractivity contribution in [2.75, 3.05) is 6.61 Å². The van der Waals surface area contributed by atoms with Gasteiger partial charge in [0, 0.05) is 5.56 Å². The number of esters is 1. The second kappa shape index (κ2) is 7.77. The van der Waals surface area contributed by atoms with Crippen molar-refractivity contribution in [1.29, 1.82) is 0 Å². The highest BCUT2D eigenvalue weighted by Crippen LogP contribution is 2.22. The molecular formula is C19H15F2NO4. The van der Waals surface area contributed by atoms with Crippen molar-refractivity contribution in [2.45, 2.75) is 13.5 Å². The highest BCUT2D eigenvalue weighted by molar-refractivity contribution is 6.12. The number of hydrogen-bond donors (Lipinski definition) is 0. The third-order valence-electron chi connectivity index (χ3n) is 3.44. The summed E-state index contributed by atoms with van der Waals surface area (Å²) in [7, 11) is 0. The van der Waals surface area contributed by atoms with E-state index in [0.29, 0.717) is 12.2 Å². The van der Waals surface area contributed by atoms with Gasteiger partial charge in [-0.1, -0.05) is 12.1 Å². The summed E-state index contributed by atoms with van der Waals surface area (Å²) < 4.78 is 39.1. The number of carbonyl (C=O) groups excluding carboxylic acids is 1. The van der Waals surface area contributed by atoms with Crippen LogP contribution in [0.25, 0.3) is 6.08 Å². The van der Waals surface area contributed by atoms with Crippen LogP contribution < -0.4 is 9.47 Å². The molecule has 2 aromatic rings. The predicted octanol–water partition coefficient (Wildman–Crippen LogP) is 4.03. The van der Waals surface area contributed by atoms with E-state index in [4.69, 9.17) is 9.47 Å².